The van der Waals surface area contributed by atoms with Crippen LogP contribution >= 0.6 is 11.3 Å². The number of hydrogen-bond acceptors (Lipinski definition) is 6. The van der Waals surface area contributed by atoms with Crippen molar-refractivity contribution in [2.45, 2.75) is 6.92 Å². The fourth-order valence-corrected chi connectivity index (χ4v) is 3.33. The Kier molecular flexibility index (Phi) is 5.93. The fraction of sp³-hybridized carbons (Fsp3) is 0.200. The van der Waals surface area contributed by atoms with E-state index in [-0.39, 0.29) is 4.88 Å². The Morgan fingerprint density at radius 2 is 1.70 bits per heavy atom. The number of thiazole rings is 1. The molecule has 140 valence electrons. The average Bonchev–Trinajstić information content (AvgIpc) is 3.08. The Morgan fingerprint density at radius 1 is 1.04 bits per heavy atom. The molecule has 1 heterocycles. The Balaban J connectivity index is 1.57. The number of carbonyl (C=O) groups is 1. The maximum atomic E-state index is 11.2. The lowest BCUT2D eigenvalue weighted by Crippen LogP contribution is -2.08. The molecule has 1 N–H and O–H groups in total. The van der Waals surface area contributed by atoms with Crippen LogP contribution in [0.25, 0.3) is 10.6 Å². The van der Waals surface area contributed by atoms with Gasteiger partial charge < -0.3 is 19.3 Å². The molecule has 3 aromatic rings. The van der Waals surface area contributed by atoms with Crippen LogP contribution in [0.2, 0.25) is 0 Å². The second-order valence-corrected chi connectivity index (χ2v) is 6.64. The predicted octanol–water partition coefficient (Wildman–Crippen LogP) is 4.28. The van der Waals surface area contributed by atoms with E-state index in [2.05, 4.69) is 4.98 Å². The number of aromatic carboxylic acids is 1. The van der Waals surface area contributed by atoms with Crippen LogP contribution in [0.4, 0.5) is 0 Å². The van der Waals surface area contributed by atoms with Crippen molar-refractivity contribution in [3.8, 4) is 27.8 Å². The summed E-state index contributed by atoms with van der Waals surface area (Å²) in [5.41, 5.74) is 1.34. The van der Waals surface area contributed by atoms with Gasteiger partial charge in [0.1, 0.15) is 40.3 Å². The van der Waals surface area contributed by atoms with Crippen molar-refractivity contribution < 1.29 is 24.1 Å². The van der Waals surface area contributed by atoms with Crippen molar-refractivity contribution in [1.29, 1.82) is 0 Å². The normalized spacial score (nSPS) is 10.4. The number of ether oxygens (including phenoxy) is 3. The number of methoxy groups -OCH3 is 1. The number of aryl methyl sites for hydroxylation is 1. The van der Waals surface area contributed by atoms with Crippen LogP contribution in [0, 0.1) is 6.92 Å². The lowest BCUT2D eigenvalue weighted by atomic mass is 10.2. The van der Waals surface area contributed by atoms with Gasteiger partial charge in [0.2, 0.25) is 0 Å². The highest BCUT2D eigenvalue weighted by Gasteiger charge is 2.15. The van der Waals surface area contributed by atoms with Gasteiger partial charge in [-0.3, -0.25) is 0 Å². The number of aromatic nitrogens is 1. The highest BCUT2D eigenvalue weighted by molar-refractivity contribution is 7.17. The maximum absolute atomic E-state index is 11.2. The zero-order chi connectivity index (χ0) is 19.2. The van der Waals surface area contributed by atoms with Crippen molar-refractivity contribution >= 4 is 17.3 Å². The average molecular weight is 385 g/mol. The summed E-state index contributed by atoms with van der Waals surface area (Å²) in [4.78, 5) is 15.8. The molecule has 0 saturated heterocycles. The van der Waals surface area contributed by atoms with Gasteiger partial charge in [0.15, 0.2) is 0 Å². The molecule has 7 heteroatoms. The summed E-state index contributed by atoms with van der Waals surface area (Å²) < 4.78 is 16.5. The van der Waals surface area contributed by atoms with E-state index in [1.165, 1.54) is 0 Å². The quantitative estimate of drug-likeness (QED) is 0.583. The summed E-state index contributed by atoms with van der Waals surface area (Å²) in [6, 6.07) is 14.8. The van der Waals surface area contributed by atoms with Crippen LogP contribution in [0.15, 0.2) is 48.5 Å². The van der Waals surface area contributed by atoms with Crippen LogP contribution in [0.3, 0.4) is 0 Å². The molecule has 0 amide bonds. The molecule has 0 bridgehead atoms. The minimum absolute atomic E-state index is 0.254. The van der Waals surface area contributed by atoms with Gasteiger partial charge in [0.25, 0.3) is 0 Å². The minimum atomic E-state index is -0.959. The highest BCUT2D eigenvalue weighted by atomic mass is 32.1. The SMILES string of the molecule is COc1ccc(OCCOc2cccc(-c3nc(C)c(C(=O)O)s3)c2)cc1. The number of rotatable bonds is 8. The fourth-order valence-electron chi connectivity index (χ4n) is 2.43. The van der Waals surface area contributed by atoms with E-state index in [0.717, 1.165) is 28.4 Å². The Hall–Kier alpha value is -3.06. The summed E-state index contributed by atoms with van der Waals surface area (Å²) in [6.07, 6.45) is 0. The second kappa shape index (κ2) is 8.55. The van der Waals surface area contributed by atoms with E-state index in [4.69, 9.17) is 14.2 Å². The van der Waals surface area contributed by atoms with Gasteiger partial charge >= 0.3 is 5.97 Å². The van der Waals surface area contributed by atoms with E-state index in [0.29, 0.717) is 29.7 Å². The molecule has 3 rings (SSSR count). The molecule has 0 radical (unpaired) electrons. The predicted molar refractivity (Wildman–Crippen MR) is 103 cm³/mol. The van der Waals surface area contributed by atoms with Gasteiger partial charge in [-0.25, -0.2) is 9.78 Å². The van der Waals surface area contributed by atoms with Crippen molar-refractivity contribution in [1.82, 2.24) is 4.98 Å². The van der Waals surface area contributed by atoms with Crippen LogP contribution in [-0.4, -0.2) is 36.4 Å². The second-order valence-electron chi connectivity index (χ2n) is 5.64. The van der Waals surface area contributed by atoms with E-state index in [1.807, 2.05) is 48.5 Å². The zero-order valence-electron chi connectivity index (χ0n) is 15.0. The van der Waals surface area contributed by atoms with Crippen molar-refractivity contribution in [3.63, 3.8) is 0 Å². The van der Waals surface area contributed by atoms with Crippen LogP contribution in [-0.2, 0) is 0 Å². The minimum Gasteiger partial charge on any atom is -0.497 e. The first-order valence-electron chi connectivity index (χ1n) is 8.27. The van der Waals surface area contributed by atoms with Gasteiger partial charge in [0, 0.05) is 5.56 Å². The molecule has 0 unspecified atom stereocenters. The van der Waals surface area contributed by atoms with Gasteiger partial charge in [-0.2, -0.15) is 0 Å². The number of nitrogens with zero attached hydrogens (tertiary/aromatic N) is 1. The van der Waals surface area contributed by atoms with Gasteiger partial charge in [0.05, 0.1) is 12.8 Å². The van der Waals surface area contributed by atoms with Gasteiger partial charge in [-0.05, 0) is 43.3 Å². The summed E-state index contributed by atoms with van der Waals surface area (Å²) in [7, 11) is 1.62. The summed E-state index contributed by atoms with van der Waals surface area (Å²) >= 11 is 1.16. The molecule has 0 fully saturated rings. The molecular formula is C20H19NO5S. The molecule has 27 heavy (non-hydrogen) atoms. The largest absolute Gasteiger partial charge is 0.497 e. The Morgan fingerprint density at radius 3 is 2.33 bits per heavy atom. The third kappa shape index (κ3) is 4.77. The Bertz CT molecular complexity index is 920. The molecule has 6 nitrogen and oxygen atoms in total. The van der Waals surface area contributed by atoms with Gasteiger partial charge in [-0.1, -0.05) is 12.1 Å². The molecule has 0 aliphatic carbocycles. The summed E-state index contributed by atoms with van der Waals surface area (Å²) in [5.74, 6) is 1.24. The van der Waals surface area contributed by atoms with Crippen molar-refractivity contribution in [2.24, 2.45) is 0 Å². The van der Waals surface area contributed by atoms with Gasteiger partial charge in [-0.15, -0.1) is 11.3 Å². The first kappa shape index (κ1) is 18.7. The van der Waals surface area contributed by atoms with E-state index < -0.39 is 5.97 Å². The lowest BCUT2D eigenvalue weighted by molar-refractivity contribution is 0.0701. The first-order valence-corrected chi connectivity index (χ1v) is 9.09. The van der Waals surface area contributed by atoms with E-state index >= 15 is 0 Å². The lowest BCUT2D eigenvalue weighted by Gasteiger charge is -2.09. The third-order valence-corrected chi connectivity index (χ3v) is 4.95. The first-order chi connectivity index (χ1) is 13.1. The smallest absolute Gasteiger partial charge is 0.347 e. The molecule has 0 aliphatic rings. The monoisotopic (exact) mass is 385 g/mol. The standard InChI is InChI=1S/C20H19NO5S/c1-13-18(20(22)23)27-19(21-13)14-4-3-5-17(12-14)26-11-10-25-16-8-6-15(24-2)7-9-16/h3-9,12H,10-11H2,1-2H3,(H,22,23). The number of carboxylic acids is 1. The molecule has 2 aromatic carbocycles. The van der Waals surface area contributed by atoms with Crippen LogP contribution < -0.4 is 14.2 Å². The topological polar surface area (TPSA) is 77.9 Å². The molecule has 1 aromatic heterocycles. The van der Waals surface area contributed by atoms with Crippen LogP contribution in [0.5, 0.6) is 17.2 Å². The Labute approximate surface area is 161 Å². The van der Waals surface area contributed by atoms with Crippen molar-refractivity contribution in [3.05, 3.63) is 59.1 Å². The molecular weight excluding hydrogens is 366 g/mol. The molecule has 0 aliphatic heterocycles. The molecule has 0 saturated carbocycles. The third-order valence-electron chi connectivity index (χ3n) is 3.75. The molecule has 0 spiro atoms. The number of benzene rings is 2. The number of hydrogen-bond donors (Lipinski definition) is 1. The summed E-state index contributed by atoms with van der Waals surface area (Å²) in [5, 5.41) is 9.83. The van der Waals surface area contributed by atoms with E-state index in [9.17, 15) is 9.90 Å². The number of carboxylic acid groups (broad SMARTS) is 1. The van der Waals surface area contributed by atoms with Crippen molar-refractivity contribution in [2.75, 3.05) is 20.3 Å². The summed E-state index contributed by atoms with van der Waals surface area (Å²) in [6.45, 7) is 2.48. The highest BCUT2D eigenvalue weighted by Crippen LogP contribution is 2.30. The zero-order valence-corrected chi connectivity index (χ0v) is 15.8. The molecule has 0 atom stereocenters. The van der Waals surface area contributed by atoms with E-state index in [1.54, 1.807) is 14.0 Å². The maximum Gasteiger partial charge on any atom is 0.347 e. The van der Waals surface area contributed by atoms with Crippen LogP contribution in [0.1, 0.15) is 15.4 Å².